The van der Waals surface area contributed by atoms with Crippen LogP contribution in [0.25, 0.3) is 21.3 Å². The van der Waals surface area contributed by atoms with Crippen LogP contribution in [0.2, 0.25) is 0 Å². The van der Waals surface area contributed by atoms with E-state index in [1.54, 1.807) is 7.11 Å². The normalized spacial score (nSPS) is 16.2. The fourth-order valence-corrected chi connectivity index (χ4v) is 5.69. The zero-order chi connectivity index (χ0) is 25.0. The maximum atomic E-state index is 13.2. The Bertz CT molecular complexity index is 1180. The average Bonchev–Trinajstić information content (AvgIpc) is 3.27. The van der Waals surface area contributed by atoms with E-state index in [1.807, 2.05) is 50.4 Å². The molecule has 0 amide bonds. The highest BCUT2D eigenvalue weighted by Crippen LogP contribution is 2.32. The van der Waals surface area contributed by atoms with Gasteiger partial charge in [0.2, 0.25) is 0 Å². The largest absolute Gasteiger partial charge is 0.497 e. The van der Waals surface area contributed by atoms with Gasteiger partial charge < -0.3 is 19.6 Å². The third kappa shape index (κ3) is 6.70. The Balaban J connectivity index is 1.57. The first-order valence-electron chi connectivity index (χ1n) is 12.4. The Morgan fingerprint density at radius 3 is 2.74 bits per heavy atom. The second kappa shape index (κ2) is 11.2. The van der Waals surface area contributed by atoms with Crippen molar-refractivity contribution in [1.29, 1.82) is 0 Å². The summed E-state index contributed by atoms with van der Waals surface area (Å²) in [6.07, 6.45) is 5.22. The summed E-state index contributed by atoms with van der Waals surface area (Å²) in [4.78, 5) is 24.0. The highest BCUT2D eigenvalue weighted by Gasteiger charge is 2.25. The number of ether oxygens (including phenoxy) is 2. The number of benzene rings is 1. The summed E-state index contributed by atoms with van der Waals surface area (Å²) < 4.78 is 11.2. The first-order valence-corrected chi connectivity index (χ1v) is 13.3. The van der Waals surface area contributed by atoms with E-state index < -0.39 is 6.10 Å². The van der Waals surface area contributed by atoms with Crippen LogP contribution in [0.5, 0.6) is 5.75 Å². The lowest BCUT2D eigenvalue weighted by molar-refractivity contribution is -0.0610. The second-order valence-electron chi connectivity index (χ2n) is 10.4. The molecule has 35 heavy (non-hydrogen) atoms. The van der Waals surface area contributed by atoms with E-state index in [-0.39, 0.29) is 17.8 Å². The number of aliphatic hydroxyl groups is 1. The molecule has 3 aromatic rings. The van der Waals surface area contributed by atoms with Crippen molar-refractivity contribution in [2.75, 3.05) is 20.3 Å². The highest BCUT2D eigenvalue weighted by molar-refractivity contribution is 7.17. The minimum absolute atomic E-state index is 0.135. The van der Waals surface area contributed by atoms with Gasteiger partial charge in [-0.3, -0.25) is 9.69 Å². The number of aliphatic hydroxyl groups excluding tert-OH is 1. The topological polar surface area (TPSA) is 87.7 Å². The molecule has 8 heteroatoms. The monoisotopic (exact) mass is 499 g/mol. The fourth-order valence-electron chi connectivity index (χ4n) is 4.72. The Labute approximate surface area is 211 Å². The number of methoxy groups -OCH3 is 1. The number of hydrogen-bond acceptors (Lipinski definition) is 7. The fraction of sp³-hybridized carbons (Fsp3) is 0.556. The molecule has 2 heterocycles. The molecular weight excluding hydrogens is 462 g/mol. The van der Waals surface area contributed by atoms with Crippen LogP contribution in [0.15, 0.2) is 34.4 Å². The van der Waals surface area contributed by atoms with Crippen LogP contribution in [-0.2, 0) is 11.3 Å². The summed E-state index contributed by atoms with van der Waals surface area (Å²) in [5.74, 6) is 1.39. The number of H-pyrrole nitrogens is 1. The van der Waals surface area contributed by atoms with Gasteiger partial charge in [0, 0.05) is 23.5 Å². The van der Waals surface area contributed by atoms with Crippen LogP contribution in [0.1, 0.15) is 58.7 Å². The third-order valence-electron chi connectivity index (χ3n) is 6.47. The standard InChI is InChI=1S/C27H37N3O4S/c1-27(2,3)34-16-20(31)14-30(19-10-6-5-7-11-19)15-23-28-25(32)24-22(17-35-26(24)29-23)18-9-8-12-21(13-18)33-4/h8-9,12-13,17,19-20,31H,5-7,10-11,14-16H2,1-4H3,(H,28,29,32)/t20-/m0/s1. The zero-order valence-corrected chi connectivity index (χ0v) is 22.0. The second-order valence-corrected chi connectivity index (χ2v) is 11.2. The quantitative estimate of drug-likeness (QED) is 0.432. The lowest BCUT2D eigenvalue weighted by atomic mass is 9.94. The highest BCUT2D eigenvalue weighted by atomic mass is 32.1. The SMILES string of the molecule is COc1cccc(-c2csc3nc(CN(C[C@H](O)COC(C)(C)C)C4CCCCC4)[nH]c(=O)c23)c1. The molecule has 0 aliphatic heterocycles. The van der Waals surface area contributed by atoms with Crippen molar-refractivity contribution in [3.05, 3.63) is 45.8 Å². The average molecular weight is 500 g/mol. The number of aromatic amines is 1. The van der Waals surface area contributed by atoms with Crippen molar-refractivity contribution in [1.82, 2.24) is 14.9 Å². The summed E-state index contributed by atoms with van der Waals surface area (Å²) in [6.45, 7) is 7.23. The summed E-state index contributed by atoms with van der Waals surface area (Å²) in [6, 6.07) is 8.08. The molecule has 190 valence electrons. The molecule has 0 radical (unpaired) electrons. The minimum Gasteiger partial charge on any atom is -0.497 e. The lowest BCUT2D eigenvalue weighted by Crippen LogP contribution is -2.43. The van der Waals surface area contributed by atoms with Gasteiger partial charge in [0.25, 0.3) is 5.56 Å². The maximum Gasteiger partial charge on any atom is 0.260 e. The number of nitrogens with zero attached hydrogens (tertiary/aromatic N) is 2. The van der Waals surface area contributed by atoms with Crippen molar-refractivity contribution in [3.63, 3.8) is 0 Å². The van der Waals surface area contributed by atoms with E-state index >= 15 is 0 Å². The van der Waals surface area contributed by atoms with Gasteiger partial charge in [0.1, 0.15) is 16.4 Å². The molecule has 4 rings (SSSR count). The van der Waals surface area contributed by atoms with Crippen molar-refractivity contribution in [3.8, 4) is 16.9 Å². The van der Waals surface area contributed by atoms with Gasteiger partial charge >= 0.3 is 0 Å². The van der Waals surface area contributed by atoms with Crippen LogP contribution in [0.3, 0.4) is 0 Å². The van der Waals surface area contributed by atoms with Crippen molar-refractivity contribution >= 4 is 21.6 Å². The van der Waals surface area contributed by atoms with Crippen LogP contribution >= 0.6 is 11.3 Å². The van der Waals surface area contributed by atoms with E-state index in [9.17, 15) is 9.90 Å². The molecule has 1 atom stereocenters. The van der Waals surface area contributed by atoms with Crippen LogP contribution in [0, 0.1) is 0 Å². The van der Waals surface area contributed by atoms with Gasteiger partial charge in [-0.25, -0.2) is 4.98 Å². The van der Waals surface area contributed by atoms with Crippen molar-refractivity contribution < 1.29 is 14.6 Å². The Hall–Kier alpha value is -2.26. The summed E-state index contributed by atoms with van der Waals surface area (Å²) >= 11 is 1.48. The number of rotatable bonds is 9. The number of nitrogens with one attached hydrogen (secondary N) is 1. The lowest BCUT2D eigenvalue weighted by Gasteiger charge is -2.35. The molecule has 1 aromatic carbocycles. The first kappa shape index (κ1) is 25.8. The minimum atomic E-state index is -0.604. The molecule has 1 saturated carbocycles. The summed E-state index contributed by atoms with van der Waals surface area (Å²) in [5, 5.41) is 13.3. The molecule has 0 bridgehead atoms. The molecule has 0 spiro atoms. The maximum absolute atomic E-state index is 13.2. The summed E-state index contributed by atoms with van der Waals surface area (Å²) in [5.41, 5.74) is 1.36. The van der Waals surface area contributed by atoms with Gasteiger partial charge in [-0.05, 0) is 51.3 Å². The molecular formula is C27H37N3O4S. The van der Waals surface area contributed by atoms with Crippen molar-refractivity contribution in [2.45, 2.75) is 77.2 Å². The van der Waals surface area contributed by atoms with E-state index in [1.165, 1.54) is 30.6 Å². The molecule has 1 fully saturated rings. The summed E-state index contributed by atoms with van der Waals surface area (Å²) in [7, 11) is 1.63. The first-order chi connectivity index (χ1) is 16.7. The van der Waals surface area contributed by atoms with Crippen LogP contribution in [0.4, 0.5) is 0 Å². The molecule has 0 saturated heterocycles. The predicted octanol–water partition coefficient (Wildman–Crippen LogP) is 4.97. The van der Waals surface area contributed by atoms with Crippen LogP contribution in [-0.4, -0.2) is 58.0 Å². The molecule has 2 N–H and O–H groups in total. The predicted molar refractivity (Wildman–Crippen MR) is 141 cm³/mol. The van der Waals surface area contributed by atoms with Crippen molar-refractivity contribution in [2.24, 2.45) is 0 Å². The van der Waals surface area contributed by atoms with Crippen LogP contribution < -0.4 is 10.3 Å². The van der Waals surface area contributed by atoms with Gasteiger partial charge in [-0.15, -0.1) is 11.3 Å². The molecule has 1 aliphatic rings. The van der Waals surface area contributed by atoms with Gasteiger partial charge in [-0.2, -0.15) is 0 Å². The van der Waals surface area contributed by atoms with Gasteiger partial charge in [0.15, 0.2) is 0 Å². The Morgan fingerprint density at radius 2 is 2.03 bits per heavy atom. The molecule has 7 nitrogen and oxygen atoms in total. The van der Waals surface area contributed by atoms with E-state index in [0.717, 1.165) is 34.5 Å². The smallest absolute Gasteiger partial charge is 0.260 e. The van der Waals surface area contributed by atoms with E-state index in [4.69, 9.17) is 14.5 Å². The number of thiophene rings is 1. The zero-order valence-electron chi connectivity index (χ0n) is 21.2. The number of hydrogen-bond donors (Lipinski definition) is 2. The number of fused-ring (bicyclic) bond motifs is 1. The Kier molecular flexibility index (Phi) is 8.27. The molecule has 1 aliphatic carbocycles. The van der Waals surface area contributed by atoms with Gasteiger partial charge in [0.05, 0.1) is 37.4 Å². The third-order valence-corrected chi connectivity index (χ3v) is 7.34. The molecule has 0 unspecified atom stereocenters. The Morgan fingerprint density at radius 1 is 1.26 bits per heavy atom. The van der Waals surface area contributed by atoms with Gasteiger partial charge in [-0.1, -0.05) is 31.4 Å². The number of aromatic nitrogens is 2. The molecule has 2 aromatic heterocycles. The van der Waals surface area contributed by atoms with E-state index in [2.05, 4.69) is 9.88 Å². The van der Waals surface area contributed by atoms with E-state index in [0.29, 0.717) is 30.3 Å².